The second-order valence-electron chi connectivity index (χ2n) is 11.5. The van der Waals surface area contributed by atoms with Gasteiger partial charge in [-0.1, -0.05) is 18.2 Å². The Morgan fingerprint density at radius 3 is 2.79 bits per heavy atom. The van der Waals surface area contributed by atoms with Gasteiger partial charge in [0.05, 0.1) is 17.3 Å². The summed E-state index contributed by atoms with van der Waals surface area (Å²) in [5.74, 6) is 2.57. The average Bonchev–Trinajstić information content (AvgIpc) is 3.81. The molecule has 0 N–H and O–H groups in total. The lowest BCUT2D eigenvalue weighted by Crippen LogP contribution is -2.57. The molecule has 3 aromatic rings. The molecule has 3 saturated carbocycles. The SMILES string of the molecule is COC[C@@H]1CC1C(=O)N1CCN(c2nc(C3CC3)c(-c3cccc4cnccc34)cc2C#N)CC1C1CC1. The summed E-state index contributed by atoms with van der Waals surface area (Å²) in [7, 11) is 1.71. The van der Waals surface area contributed by atoms with E-state index in [1.54, 1.807) is 7.11 Å². The summed E-state index contributed by atoms with van der Waals surface area (Å²) in [6.07, 6.45) is 9.28. The van der Waals surface area contributed by atoms with Gasteiger partial charge in [-0.3, -0.25) is 9.78 Å². The van der Waals surface area contributed by atoms with Crippen molar-refractivity contribution in [2.75, 3.05) is 38.3 Å². The monoisotopic (exact) mass is 507 g/mol. The lowest BCUT2D eigenvalue weighted by Gasteiger charge is -2.43. The third-order valence-electron chi connectivity index (χ3n) is 8.88. The fraction of sp³-hybridized carbons (Fsp3) is 0.484. The molecule has 2 unspecified atom stereocenters. The molecule has 7 rings (SSSR count). The van der Waals surface area contributed by atoms with E-state index in [9.17, 15) is 10.1 Å². The molecule has 0 radical (unpaired) electrons. The number of methoxy groups -OCH3 is 1. The number of hydrogen-bond acceptors (Lipinski definition) is 6. The first-order valence-corrected chi connectivity index (χ1v) is 14.0. The van der Waals surface area contributed by atoms with E-state index in [4.69, 9.17) is 9.72 Å². The van der Waals surface area contributed by atoms with Gasteiger partial charge in [0.2, 0.25) is 5.91 Å². The van der Waals surface area contributed by atoms with Crippen LogP contribution in [0.5, 0.6) is 0 Å². The number of fused-ring (bicyclic) bond motifs is 1. The van der Waals surface area contributed by atoms with Gasteiger partial charge >= 0.3 is 0 Å². The van der Waals surface area contributed by atoms with E-state index in [0.29, 0.717) is 48.9 Å². The average molecular weight is 508 g/mol. The maximum atomic E-state index is 13.4. The molecule has 38 heavy (non-hydrogen) atoms. The number of nitriles is 1. The molecule has 3 aliphatic carbocycles. The van der Waals surface area contributed by atoms with Crippen LogP contribution in [-0.4, -0.2) is 60.2 Å². The Hall–Kier alpha value is -3.50. The Morgan fingerprint density at radius 2 is 2.03 bits per heavy atom. The van der Waals surface area contributed by atoms with Crippen LogP contribution in [0.2, 0.25) is 0 Å². The van der Waals surface area contributed by atoms with Crippen LogP contribution in [0.1, 0.15) is 49.3 Å². The van der Waals surface area contributed by atoms with Gasteiger partial charge in [-0.2, -0.15) is 5.26 Å². The number of pyridine rings is 2. The van der Waals surface area contributed by atoms with Crippen LogP contribution < -0.4 is 4.90 Å². The number of aromatic nitrogens is 2. The minimum absolute atomic E-state index is 0.118. The molecule has 2 aromatic heterocycles. The predicted octanol–water partition coefficient (Wildman–Crippen LogP) is 4.76. The lowest BCUT2D eigenvalue weighted by atomic mass is 9.95. The number of amides is 1. The number of nitrogens with zero attached hydrogens (tertiary/aromatic N) is 5. The molecule has 4 fully saturated rings. The van der Waals surface area contributed by atoms with Crippen molar-refractivity contribution in [1.82, 2.24) is 14.9 Å². The van der Waals surface area contributed by atoms with Gasteiger partial charge in [-0.15, -0.1) is 0 Å². The molecule has 1 aliphatic heterocycles. The van der Waals surface area contributed by atoms with E-state index in [1.165, 1.54) is 12.8 Å². The molecular weight excluding hydrogens is 474 g/mol. The number of carbonyl (C=O) groups is 1. The molecule has 3 atom stereocenters. The van der Waals surface area contributed by atoms with Crippen molar-refractivity contribution in [2.24, 2.45) is 17.8 Å². The number of benzene rings is 1. The highest BCUT2D eigenvalue weighted by Crippen LogP contribution is 2.47. The smallest absolute Gasteiger partial charge is 0.226 e. The standard InChI is InChI=1S/C31H33N5O2/c1-38-18-23-14-26(23)31(37)36-12-11-35(17-28(36)19-5-6-19)30-22(15-32)13-27(29(34-30)20-7-8-20)25-4-2-3-21-16-33-10-9-24(21)25/h2-4,9-10,13,16,19-20,23,26,28H,5-8,11-12,14,17-18H2,1H3/t23-,26?,28?/m0/s1. The molecular formula is C31H33N5O2. The molecule has 194 valence electrons. The quantitative estimate of drug-likeness (QED) is 0.459. The summed E-state index contributed by atoms with van der Waals surface area (Å²) in [6.45, 7) is 2.83. The fourth-order valence-electron chi connectivity index (χ4n) is 6.40. The van der Waals surface area contributed by atoms with Crippen molar-refractivity contribution in [3.63, 3.8) is 0 Å². The Balaban J connectivity index is 1.22. The normalized spacial score (nSPS) is 24.9. The summed E-state index contributed by atoms with van der Waals surface area (Å²) < 4.78 is 5.30. The van der Waals surface area contributed by atoms with Gasteiger partial charge in [0.25, 0.3) is 0 Å². The van der Waals surface area contributed by atoms with Crippen molar-refractivity contribution in [2.45, 2.75) is 44.1 Å². The van der Waals surface area contributed by atoms with Crippen LogP contribution >= 0.6 is 0 Å². The summed E-state index contributed by atoms with van der Waals surface area (Å²) >= 11 is 0. The molecule has 1 saturated heterocycles. The van der Waals surface area contributed by atoms with Gasteiger partial charge in [0.1, 0.15) is 11.9 Å². The maximum Gasteiger partial charge on any atom is 0.226 e. The Kier molecular flexibility index (Phi) is 5.81. The van der Waals surface area contributed by atoms with Crippen molar-refractivity contribution in [3.8, 4) is 17.2 Å². The molecule has 1 amide bonds. The van der Waals surface area contributed by atoms with E-state index in [0.717, 1.165) is 59.2 Å². The van der Waals surface area contributed by atoms with Crippen molar-refractivity contribution in [1.29, 1.82) is 5.26 Å². The van der Waals surface area contributed by atoms with E-state index in [1.807, 2.05) is 12.4 Å². The third-order valence-corrected chi connectivity index (χ3v) is 8.88. The number of hydrogen-bond donors (Lipinski definition) is 0. The lowest BCUT2D eigenvalue weighted by molar-refractivity contribution is -0.136. The van der Waals surface area contributed by atoms with Crippen LogP contribution in [0, 0.1) is 29.1 Å². The first-order valence-electron chi connectivity index (χ1n) is 14.0. The Labute approximate surface area is 223 Å². The fourth-order valence-corrected chi connectivity index (χ4v) is 6.40. The second kappa shape index (κ2) is 9.36. The van der Waals surface area contributed by atoms with Crippen molar-refractivity contribution >= 4 is 22.5 Å². The van der Waals surface area contributed by atoms with Crippen LogP contribution in [0.15, 0.2) is 42.7 Å². The largest absolute Gasteiger partial charge is 0.384 e. The summed E-state index contributed by atoms with van der Waals surface area (Å²) in [6, 6.07) is 13.0. The highest BCUT2D eigenvalue weighted by atomic mass is 16.5. The van der Waals surface area contributed by atoms with Crippen LogP contribution in [0.3, 0.4) is 0 Å². The first-order chi connectivity index (χ1) is 18.7. The minimum atomic E-state index is 0.118. The highest BCUT2D eigenvalue weighted by molar-refractivity contribution is 5.97. The number of piperazine rings is 1. The molecule has 4 aliphatic rings. The zero-order chi connectivity index (χ0) is 25.8. The minimum Gasteiger partial charge on any atom is -0.384 e. The molecule has 7 heteroatoms. The van der Waals surface area contributed by atoms with Gasteiger partial charge in [0, 0.05) is 68.5 Å². The van der Waals surface area contributed by atoms with Crippen LogP contribution in [-0.2, 0) is 9.53 Å². The third kappa shape index (κ3) is 4.21. The molecule has 0 spiro atoms. The Bertz CT molecular complexity index is 1430. The molecule has 7 nitrogen and oxygen atoms in total. The van der Waals surface area contributed by atoms with Gasteiger partial charge in [0.15, 0.2) is 0 Å². The number of anilines is 1. The second-order valence-corrected chi connectivity index (χ2v) is 11.5. The molecule has 1 aromatic carbocycles. The zero-order valence-electron chi connectivity index (χ0n) is 21.8. The predicted molar refractivity (Wildman–Crippen MR) is 146 cm³/mol. The molecule has 0 bridgehead atoms. The number of carbonyl (C=O) groups excluding carboxylic acids is 1. The maximum absolute atomic E-state index is 13.4. The van der Waals surface area contributed by atoms with Crippen molar-refractivity contribution in [3.05, 3.63) is 54.0 Å². The van der Waals surface area contributed by atoms with Gasteiger partial charge < -0.3 is 14.5 Å². The zero-order valence-corrected chi connectivity index (χ0v) is 21.8. The van der Waals surface area contributed by atoms with E-state index >= 15 is 0 Å². The van der Waals surface area contributed by atoms with E-state index in [-0.39, 0.29) is 12.0 Å². The van der Waals surface area contributed by atoms with Crippen LogP contribution in [0.25, 0.3) is 21.9 Å². The van der Waals surface area contributed by atoms with Crippen LogP contribution in [0.4, 0.5) is 5.82 Å². The summed E-state index contributed by atoms with van der Waals surface area (Å²) in [5, 5.41) is 12.5. The number of ether oxygens (including phenoxy) is 1. The topological polar surface area (TPSA) is 82.3 Å². The summed E-state index contributed by atoms with van der Waals surface area (Å²) in [4.78, 5) is 27.4. The van der Waals surface area contributed by atoms with Crippen molar-refractivity contribution < 1.29 is 9.53 Å². The summed E-state index contributed by atoms with van der Waals surface area (Å²) in [5.41, 5.74) is 3.90. The van der Waals surface area contributed by atoms with E-state index in [2.05, 4.69) is 51.2 Å². The Morgan fingerprint density at radius 1 is 1.16 bits per heavy atom. The van der Waals surface area contributed by atoms with E-state index < -0.39 is 0 Å². The highest BCUT2D eigenvalue weighted by Gasteiger charge is 2.49. The number of rotatable bonds is 7. The molecule has 3 heterocycles. The van der Waals surface area contributed by atoms with Gasteiger partial charge in [-0.25, -0.2) is 4.98 Å². The van der Waals surface area contributed by atoms with Gasteiger partial charge in [-0.05, 0) is 67.0 Å². The first kappa shape index (κ1) is 23.6.